The molecule has 4 rings (SSSR count). The maximum atomic E-state index is 12.6. The number of carbonyl (C=O) groups is 3. The van der Waals surface area contributed by atoms with Crippen LogP contribution in [0.3, 0.4) is 0 Å². The summed E-state index contributed by atoms with van der Waals surface area (Å²) < 4.78 is 0. The van der Waals surface area contributed by atoms with Gasteiger partial charge in [0, 0.05) is 10.6 Å². The van der Waals surface area contributed by atoms with Crippen LogP contribution in [0.15, 0.2) is 72.8 Å². The highest BCUT2D eigenvalue weighted by atomic mass is 35.5. The Hall–Kier alpha value is -3.44. The fraction of sp³-hybridized carbons (Fsp3) is 0.125. The Kier molecular flexibility index (Phi) is 5.38. The van der Waals surface area contributed by atoms with E-state index in [1.165, 1.54) is 4.90 Å². The van der Waals surface area contributed by atoms with E-state index in [9.17, 15) is 14.4 Å². The molecule has 0 saturated carbocycles. The molecule has 1 atom stereocenters. The van der Waals surface area contributed by atoms with Crippen molar-refractivity contribution in [1.29, 1.82) is 0 Å². The molecule has 150 valence electrons. The number of amides is 3. The van der Waals surface area contributed by atoms with Gasteiger partial charge in [-0.1, -0.05) is 54.1 Å². The fourth-order valence-corrected chi connectivity index (χ4v) is 3.81. The number of nitrogens with one attached hydrogen (secondary N) is 1. The standard InChI is InChI=1S/C24H19ClN2O3/c1-15(18-6-4-5-9-21(18)25)26-22(28)17-12-10-16(11-13-17)14-27-23(29)19-7-2-3-8-20(19)24(27)30/h2-13,15H,14H2,1H3,(H,26,28). The fourth-order valence-electron chi connectivity index (χ4n) is 3.51. The minimum absolute atomic E-state index is 0.157. The summed E-state index contributed by atoms with van der Waals surface area (Å²) in [4.78, 5) is 38.8. The van der Waals surface area contributed by atoms with Crippen LogP contribution in [0, 0.1) is 0 Å². The van der Waals surface area contributed by atoms with Crippen LogP contribution in [0.4, 0.5) is 0 Å². The van der Waals surface area contributed by atoms with Gasteiger partial charge in [-0.05, 0) is 48.4 Å². The number of halogens is 1. The van der Waals surface area contributed by atoms with Crippen molar-refractivity contribution in [3.05, 3.63) is 106 Å². The molecule has 6 heteroatoms. The maximum Gasteiger partial charge on any atom is 0.261 e. The SMILES string of the molecule is CC(NC(=O)c1ccc(CN2C(=O)c3ccccc3C2=O)cc1)c1ccccc1Cl. The summed E-state index contributed by atoms with van der Waals surface area (Å²) in [6, 6.07) is 20.8. The minimum Gasteiger partial charge on any atom is -0.345 e. The number of rotatable bonds is 5. The molecule has 0 fully saturated rings. The Labute approximate surface area is 179 Å². The van der Waals surface area contributed by atoms with Crippen molar-refractivity contribution in [2.45, 2.75) is 19.5 Å². The van der Waals surface area contributed by atoms with Gasteiger partial charge in [0.1, 0.15) is 0 Å². The topological polar surface area (TPSA) is 66.5 Å². The van der Waals surface area contributed by atoms with Gasteiger partial charge in [0.15, 0.2) is 0 Å². The van der Waals surface area contributed by atoms with Crippen molar-refractivity contribution in [3.8, 4) is 0 Å². The number of nitrogens with zero attached hydrogens (tertiary/aromatic N) is 1. The second-order valence-corrected chi connectivity index (χ2v) is 7.56. The molecule has 1 unspecified atom stereocenters. The molecule has 5 nitrogen and oxygen atoms in total. The summed E-state index contributed by atoms with van der Waals surface area (Å²) in [5.74, 6) is -0.827. The van der Waals surface area contributed by atoms with E-state index in [1.807, 2.05) is 25.1 Å². The number of fused-ring (bicyclic) bond motifs is 1. The van der Waals surface area contributed by atoms with Gasteiger partial charge in [-0.3, -0.25) is 19.3 Å². The van der Waals surface area contributed by atoms with Gasteiger partial charge in [-0.25, -0.2) is 0 Å². The molecule has 1 aliphatic rings. The summed E-state index contributed by atoms with van der Waals surface area (Å²) >= 11 is 6.20. The minimum atomic E-state index is -0.300. The van der Waals surface area contributed by atoms with E-state index >= 15 is 0 Å². The summed E-state index contributed by atoms with van der Waals surface area (Å²) in [7, 11) is 0. The first-order valence-electron chi connectivity index (χ1n) is 9.55. The predicted octanol–water partition coefficient (Wildman–Crippen LogP) is 4.63. The Balaban J connectivity index is 1.43. The lowest BCUT2D eigenvalue weighted by molar-refractivity contribution is 0.0641. The first kappa shape index (κ1) is 19.9. The zero-order valence-corrected chi connectivity index (χ0v) is 17.0. The smallest absolute Gasteiger partial charge is 0.261 e. The van der Waals surface area contributed by atoms with Gasteiger partial charge in [-0.2, -0.15) is 0 Å². The lowest BCUT2D eigenvalue weighted by atomic mass is 10.1. The largest absolute Gasteiger partial charge is 0.345 e. The first-order valence-corrected chi connectivity index (χ1v) is 9.93. The molecule has 0 radical (unpaired) electrons. The van der Waals surface area contributed by atoms with Crippen molar-refractivity contribution in [2.24, 2.45) is 0 Å². The van der Waals surface area contributed by atoms with Gasteiger partial charge in [0.2, 0.25) is 0 Å². The number of hydrogen-bond donors (Lipinski definition) is 1. The number of hydrogen-bond acceptors (Lipinski definition) is 3. The monoisotopic (exact) mass is 418 g/mol. The highest BCUT2D eigenvalue weighted by Crippen LogP contribution is 2.25. The molecule has 30 heavy (non-hydrogen) atoms. The van der Waals surface area contributed by atoms with Gasteiger partial charge in [-0.15, -0.1) is 0 Å². The zero-order chi connectivity index (χ0) is 21.3. The van der Waals surface area contributed by atoms with Crippen LogP contribution < -0.4 is 5.32 Å². The molecular formula is C24H19ClN2O3. The van der Waals surface area contributed by atoms with E-state index in [0.717, 1.165) is 11.1 Å². The van der Waals surface area contributed by atoms with Crippen LogP contribution >= 0.6 is 11.6 Å². The molecule has 0 aromatic heterocycles. The van der Waals surface area contributed by atoms with E-state index in [-0.39, 0.29) is 30.3 Å². The van der Waals surface area contributed by atoms with Crippen molar-refractivity contribution >= 4 is 29.3 Å². The maximum absolute atomic E-state index is 12.6. The van der Waals surface area contributed by atoms with Gasteiger partial charge < -0.3 is 5.32 Å². The molecule has 1 heterocycles. The van der Waals surface area contributed by atoms with Crippen LogP contribution in [-0.4, -0.2) is 22.6 Å². The Morgan fingerprint density at radius 1 is 0.900 bits per heavy atom. The second-order valence-electron chi connectivity index (χ2n) is 7.16. The lowest BCUT2D eigenvalue weighted by Crippen LogP contribution is -2.29. The van der Waals surface area contributed by atoms with Crippen molar-refractivity contribution in [2.75, 3.05) is 0 Å². The molecular weight excluding hydrogens is 400 g/mol. The van der Waals surface area contributed by atoms with Gasteiger partial charge in [0.25, 0.3) is 17.7 Å². The summed E-state index contributed by atoms with van der Waals surface area (Å²) in [5, 5.41) is 3.53. The third-order valence-corrected chi connectivity index (χ3v) is 5.50. The molecule has 0 saturated heterocycles. The highest BCUT2D eigenvalue weighted by Gasteiger charge is 2.34. The Bertz CT molecular complexity index is 1110. The molecule has 3 aromatic carbocycles. The zero-order valence-electron chi connectivity index (χ0n) is 16.3. The number of imide groups is 1. The quantitative estimate of drug-likeness (QED) is 0.614. The summed E-state index contributed by atoms with van der Waals surface area (Å²) in [6.45, 7) is 2.03. The van der Waals surface area contributed by atoms with E-state index in [0.29, 0.717) is 21.7 Å². The van der Waals surface area contributed by atoms with Crippen LogP contribution in [0.5, 0.6) is 0 Å². The molecule has 0 bridgehead atoms. The van der Waals surface area contributed by atoms with Crippen LogP contribution in [0.1, 0.15) is 55.2 Å². The average molecular weight is 419 g/mol. The van der Waals surface area contributed by atoms with Gasteiger partial charge >= 0.3 is 0 Å². The van der Waals surface area contributed by atoms with E-state index in [1.54, 1.807) is 54.6 Å². The van der Waals surface area contributed by atoms with Crippen LogP contribution in [-0.2, 0) is 6.54 Å². The van der Waals surface area contributed by atoms with Crippen molar-refractivity contribution in [1.82, 2.24) is 10.2 Å². The molecule has 1 N–H and O–H groups in total. The number of benzene rings is 3. The molecule has 3 amide bonds. The highest BCUT2D eigenvalue weighted by molar-refractivity contribution is 6.31. The summed E-state index contributed by atoms with van der Waals surface area (Å²) in [5.41, 5.74) is 2.94. The predicted molar refractivity (Wildman–Crippen MR) is 114 cm³/mol. The number of carbonyl (C=O) groups excluding carboxylic acids is 3. The van der Waals surface area contributed by atoms with E-state index in [2.05, 4.69) is 5.32 Å². The Morgan fingerprint density at radius 2 is 1.47 bits per heavy atom. The van der Waals surface area contributed by atoms with E-state index in [4.69, 9.17) is 11.6 Å². The van der Waals surface area contributed by atoms with Gasteiger partial charge in [0.05, 0.1) is 23.7 Å². The lowest BCUT2D eigenvalue weighted by Gasteiger charge is -2.16. The Morgan fingerprint density at radius 3 is 2.07 bits per heavy atom. The van der Waals surface area contributed by atoms with Crippen molar-refractivity contribution < 1.29 is 14.4 Å². The molecule has 0 aliphatic carbocycles. The third-order valence-electron chi connectivity index (χ3n) is 5.15. The van der Waals surface area contributed by atoms with Crippen LogP contribution in [0.25, 0.3) is 0 Å². The first-order chi connectivity index (χ1) is 14.5. The summed E-state index contributed by atoms with van der Waals surface area (Å²) in [6.07, 6.45) is 0. The van der Waals surface area contributed by atoms with Crippen molar-refractivity contribution in [3.63, 3.8) is 0 Å². The van der Waals surface area contributed by atoms with Crippen LogP contribution in [0.2, 0.25) is 5.02 Å². The third kappa shape index (κ3) is 3.72. The van der Waals surface area contributed by atoms with E-state index < -0.39 is 0 Å². The molecule has 0 spiro atoms. The average Bonchev–Trinajstić information content (AvgIpc) is 2.99. The molecule has 3 aromatic rings. The molecule has 1 aliphatic heterocycles. The normalized spacial score (nSPS) is 13.9. The second kappa shape index (κ2) is 8.13.